The molecule has 0 N–H and O–H groups in total. The molecule has 0 radical (unpaired) electrons. The lowest BCUT2D eigenvalue weighted by molar-refractivity contribution is -0.384. The summed E-state index contributed by atoms with van der Waals surface area (Å²) in [5.74, 6) is -1.13. The number of nitrogens with zero attached hydrogens (tertiary/aromatic N) is 1. The maximum absolute atomic E-state index is 12.1. The zero-order chi connectivity index (χ0) is 18.6. The molecule has 0 fully saturated rings. The molecule has 0 saturated carbocycles. The number of benzene rings is 2. The number of esters is 1. The minimum Gasteiger partial charge on any atom is -0.465 e. The fourth-order valence-corrected chi connectivity index (χ4v) is 3.22. The van der Waals surface area contributed by atoms with Crippen LogP contribution in [0.15, 0.2) is 42.5 Å². The molecule has 0 aliphatic rings. The van der Waals surface area contributed by atoms with E-state index in [1.165, 1.54) is 31.4 Å². The van der Waals surface area contributed by atoms with Crippen molar-refractivity contribution in [3.8, 4) is 5.75 Å². The van der Waals surface area contributed by atoms with E-state index < -0.39 is 26.8 Å². The minimum atomic E-state index is -4.02. The van der Waals surface area contributed by atoms with E-state index in [9.17, 15) is 23.3 Å². The predicted octanol–water partition coefficient (Wildman–Crippen LogP) is 2.94. The molecule has 8 nitrogen and oxygen atoms in total. The van der Waals surface area contributed by atoms with Gasteiger partial charge in [-0.05, 0) is 23.8 Å². The SMILES string of the molecule is COC(=O)c1ccc(CS(=O)(=O)Oc2ccc([N+](=O)[O-])c(Cl)c2)cc1. The Morgan fingerprint density at radius 3 is 2.36 bits per heavy atom. The largest absolute Gasteiger partial charge is 0.465 e. The van der Waals surface area contributed by atoms with Crippen molar-refractivity contribution in [2.24, 2.45) is 0 Å². The van der Waals surface area contributed by atoms with Crippen LogP contribution in [0.2, 0.25) is 5.02 Å². The maximum Gasteiger partial charge on any atom is 0.337 e. The molecule has 25 heavy (non-hydrogen) atoms. The Labute approximate surface area is 148 Å². The molecule has 0 bridgehead atoms. The zero-order valence-electron chi connectivity index (χ0n) is 12.8. The highest BCUT2D eigenvalue weighted by molar-refractivity contribution is 7.86. The normalized spacial score (nSPS) is 11.0. The second-order valence-electron chi connectivity index (χ2n) is 4.84. The van der Waals surface area contributed by atoms with Gasteiger partial charge in [0, 0.05) is 12.1 Å². The first kappa shape index (κ1) is 18.7. The number of methoxy groups -OCH3 is 1. The summed E-state index contributed by atoms with van der Waals surface area (Å²) in [5, 5.41) is 10.4. The molecule has 2 rings (SSSR count). The van der Waals surface area contributed by atoms with Gasteiger partial charge in [0.2, 0.25) is 0 Å². The van der Waals surface area contributed by atoms with Crippen LogP contribution in [0.1, 0.15) is 15.9 Å². The molecular formula is C15H12ClNO7S. The standard InChI is InChI=1S/C15H12ClNO7S/c1-23-15(18)11-4-2-10(3-5-11)9-25(21,22)24-12-6-7-14(17(19)20)13(16)8-12/h2-8H,9H2,1H3. The number of rotatable bonds is 6. The lowest BCUT2D eigenvalue weighted by Crippen LogP contribution is -2.12. The van der Waals surface area contributed by atoms with Gasteiger partial charge in [0.15, 0.2) is 0 Å². The van der Waals surface area contributed by atoms with Crippen molar-refractivity contribution < 1.29 is 27.1 Å². The molecule has 0 saturated heterocycles. The third-order valence-electron chi connectivity index (χ3n) is 3.06. The first-order valence-electron chi connectivity index (χ1n) is 6.75. The summed E-state index contributed by atoms with van der Waals surface area (Å²) in [4.78, 5) is 21.3. The third kappa shape index (κ3) is 4.91. The number of nitro benzene ring substituents is 1. The fraction of sp³-hybridized carbons (Fsp3) is 0.133. The summed E-state index contributed by atoms with van der Waals surface area (Å²) < 4.78 is 33.6. The van der Waals surface area contributed by atoms with Crippen LogP contribution in [-0.2, 0) is 20.6 Å². The Hall–Kier alpha value is -2.65. The van der Waals surface area contributed by atoms with Crippen LogP contribution in [0.3, 0.4) is 0 Å². The van der Waals surface area contributed by atoms with E-state index in [1.807, 2.05) is 0 Å². The average molecular weight is 386 g/mol. The van der Waals surface area contributed by atoms with E-state index in [4.69, 9.17) is 15.8 Å². The van der Waals surface area contributed by atoms with Crippen molar-refractivity contribution >= 4 is 33.4 Å². The topological polar surface area (TPSA) is 113 Å². The summed E-state index contributed by atoms with van der Waals surface area (Å²) in [6.07, 6.45) is 0. The van der Waals surface area contributed by atoms with Crippen LogP contribution in [-0.4, -0.2) is 26.4 Å². The van der Waals surface area contributed by atoms with E-state index in [-0.39, 0.29) is 22.0 Å². The average Bonchev–Trinajstić information content (AvgIpc) is 2.53. The van der Waals surface area contributed by atoms with Gasteiger partial charge >= 0.3 is 16.1 Å². The molecule has 0 unspecified atom stereocenters. The summed E-state index contributed by atoms with van der Waals surface area (Å²) in [5.41, 5.74) is 0.317. The Balaban J connectivity index is 2.13. The highest BCUT2D eigenvalue weighted by Crippen LogP contribution is 2.29. The van der Waals surface area contributed by atoms with Gasteiger partial charge in [0.25, 0.3) is 5.69 Å². The van der Waals surface area contributed by atoms with Gasteiger partial charge in [-0.3, -0.25) is 10.1 Å². The molecule has 0 atom stereocenters. The van der Waals surface area contributed by atoms with E-state index in [2.05, 4.69) is 4.74 Å². The molecule has 10 heteroatoms. The lowest BCUT2D eigenvalue weighted by atomic mass is 10.1. The van der Waals surface area contributed by atoms with E-state index >= 15 is 0 Å². The number of ether oxygens (including phenoxy) is 1. The Morgan fingerprint density at radius 1 is 1.20 bits per heavy atom. The second-order valence-corrected chi connectivity index (χ2v) is 6.82. The molecule has 0 spiro atoms. The highest BCUT2D eigenvalue weighted by Gasteiger charge is 2.18. The number of hydrogen-bond donors (Lipinski definition) is 0. The van der Waals surface area contributed by atoms with E-state index in [1.54, 1.807) is 0 Å². The fourth-order valence-electron chi connectivity index (χ4n) is 1.92. The number of hydrogen-bond acceptors (Lipinski definition) is 7. The van der Waals surface area contributed by atoms with Gasteiger partial charge in [-0.25, -0.2) is 4.79 Å². The molecule has 0 aliphatic heterocycles. The molecule has 2 aromatic carbocycles. The van der Waals surface area contributed by atoms with Crippen LogP contribution in [0.4, 0.5) is 5.69 Å². The first-order chi connectivity index (χ1) is 11.7. The smallest absolute Gasteiger partial charge is 0.337 e. The second kappa shape index (κ2) is 7.49. The van der Waals surface area contributed by atoms with Crippen molar-refractivity contribution in [3.63, 3.8) is 0 Å². The van der Waals surface area contributed by atoms with Crippen molar-refractivity contribution in [2.45, 2.75) is 5.75 Å². The van der Waals surface area contributed by atoms with Gasteiger partial charge in [0.05, 0.1) is 17.6 Å². The number of halogens is 1. The molecular weight excluding hydrogens is 374 g/mol. The zero-order valence-corrected chi connectivity index (χ0v) is 14.4. The highest BCUT2D eigenvalue weighted by atomic mass is 35.5. The Bertz CT molecular complexity index is 910. The quantitative estimate of drug-likeness (QED) is 0.325. The molecule has 0 aliphatic carbocycles. The van der Waals surface area contributed by atoms with Gasteiger partial charge in [-0.2, -0.15) is 8.42 Å². The minimum absolute atomic E-state index is 0.137. The van der Waals surface area contributed by atoms with E-state index in [0.717, 1.165) is 18.2 Å². The van der Waals surface area contributed by atoms with Crippen molar-refractivity contribution in [1.82, 2.24) is 0 Å². The summed E-state index contributed by atoms with van der Waals surface area (Å²) in [6, 6.07) is 9.02. The molecule has 2 aromatic rings. The molecule has 0 amide bonds. The number of nitro groups is 1. The van der Waals surface area contributed by atoms with Crippen LogP contribution in [0.5, 0.6) is 5.75 Å². The third-order valence-corrected chi connectivity index (χ3v) is 4.49. The monoisotopic (exact) mass is 385 g/mol. The molecule has 132 valence electrons. The first-order valence-corrected chi connectivity index (χ1v) is 8.71. The number of carbonyl (C=O) groups excluding carboxylic acids is 1. The Kier molecular flexibility index (Phi) is 5.60. The van der Waals surface area contributed by atoms with Gasteiger partial charge < -0.3 is 8.92 Å². The van der Waals surface area contributed by atoms with Crippen LogP contribution >= 0.6 is 11.6 Å². The molecule has 0 heterocycles. The van der Waals surface area contributed by atoms with Gasteiger partial charge in [-0.1, -0.05) is 23.7 Å². The maximum atomic E-state index is 12.1. The van der Waals surface area contributed by atoms with Crippen molar-refractivity contribution in [1.29, 1.82) is 0 Å². The van der Waals surface area contributed by atoms with Crippen LogP contribution < -0.4 is 4.18 Å². The van der Waals surface area contributed by atoms with E-state index in [0.29, 0.717) is 5.56 Å². The number of carbonyl (C=O) groups is 1. The lowest BCUT2D eigenvalue weighted by Gasteiger charge is -2.08. The predicted molar refractivity (Wildman–Crippen MR) is 89.1 cm³/mol. The molecule has 0 aromatic heterocycles. The van der Waals surface area contributed by atoms with Crippen molar-refractivity contribution in [3.05, 3.63) is 68.7 Å². The van der Waals surface area contributed by atoms with Crippen LogP contribution in [0, 0.1) is 10.1 Å². The summed E-state index contributed by atoms with van der Waals surface area (Å²) in [7, 11) is -2.78. The van der Waals surface area contributed by atoms with Crippen molar-refractivity contribution in [2.75, 3.05) is 7.11 Å². The summed E-state index contributed by atoms with van der Waals surface area (Å²) in [6.45, 7) is 0. The van der Waals surface area contributed by atoms with Gasteiger partial charge in [-0.15, -0.1) is 0 Å². The van der Waals surface area contributed by atoms with Gasteiger partial charge in [0.1, 0.15) is 16.5 Å². The summed E-state index contributed by atoms with van der Waals surface area (Å²) >= 11 is 5.71. The van der Waals surface area contributed by atoms with Crippen LogP contribution in [0.25, 0.3) is 0 Å². The Morgan fingerprint density at radius 2 is 1.84 bits per heavy atom.